The summed E-state index contributed by atoms with van der Waals surface area (Å²) >= 11 is 0. The molecule has 4 heteroatoms. The van der Waals surface area contributed by atoms with Crippen molar-refractivity contribution in [2.75, 3.05) is 5.32 Å². The summed E-state index contributed by atoms with van der Waals surface area (Å²) in [5.41, 5.74) is 4.63. The fourth-order valence-corrected chi connectivity index (χ4v) is 4.17. The minimum atomic E-state index is -0.265. The van der Waals surface area contributed by atoms with E-state index < -0.39 is 0 Å². The maximum atomic E-state index is 13.4. The van der Waals surface area contributed by atoms with Gasteiger partial charge in [0, 0.05) is 12.6 Å². The Bertz CT molecular complexity index is 779. The van der Waals surface area contributed by atoms with Crippen molar-refractivity contribution in [3.05, 3.63) is 53.1 Å². The average Bonchev–Trinajstić information content (AvgIpc) is 2.56. The van der Waals surface area contributed by atoms with Gasteiger partial charge in [0.15, 0.2) is 5.78 Å². The van der Waals surface area contributed by atoms with E-state index in [1.165, 1.54) is 17.7 Å². The van der Waals surface area contributed by atoms with Crippen LogP contribution in [0, 0.1) is 5.82 Å². The predicted octanol–water partition coefficient (Wildman–Crippen LogP) is 4.92. The van der Waals surface area contributed by atoms with Gasteiger partial charge in [-0.05, 0) is 66.8 Å². The summed E-state index contributed by atoms with van der Waals surface area (Å²) in [6.07, 6.45) is 6.35. The Morgan fingerprint density at radius 3 is 2.52 bits per heavy atom. The molecular formula is C19H19FN2O. The van der Waals surface area contributed by atoms with Gasteiger partial charge in [0.2, 0.25) is 0 Å². The van der Waals surface area contributed by atoms with Gasteiger partial charge in [-0.3, -0.25) is 9.78 Å². The topological polar surface area (TPSA) is 42.0 Å². The standard InChI is InChI=1S/C19H19FN2O/c1-11(23)19-18-13-7-5-12(6-8-13)17(18)16(10-21-19)22-15-4-2-3-14(20)9-15/h2-4,9-10,12-13,22H,5-8H2,1H3. The molecule has 0 atom stereocenters. The average molecular weight is 310 g/mol. The van der Waals surface area contributed by atoms with Crippen LogP contribution in [-0.4, -0.2) is 10.8 Å². The Labute approximate surface area is 134 Å². The molecule has 0 amide bonds. The molecule has 3 aliphatic carbocycles. The quantitative estimate of drug-likeness (QED) is 0.818. The summed E-state index contributed by atoms with van der Waals surface area (Å²) in [6, 6.07) is 6.44. The number of nitrogens with one attached hydrogen (secondary N) is 1. The maximum Gasteiger partial charge on any atom is 0.178 e. The molecule has 23 heavy (non-hydrogen) atoms. The van der Waals surface area contributed by atoms with Crippen LogP contribution >= 0.6 is 0 Å². The number of rotatable bonds is 3. The van der Waals surface area contributed by atoms with Gasteiger partial charge in [0.1, 0.15) is 11.5 Å². The molecule has 3 nitrogen and oxygen atoms in total. The highest BCUT2D eigenvalue weighted by molar-refractivity contribution is 5.95. The van der Waals surface area contributed by atoms with E-state index in [0.717, 1.165) is 36.9 Å². The van der Waals surface area contributed by atoms with Crippen LogP contribution in [0.4, 0.5) is 15.8 Å². The summed E-state index contributed by atoms with van der Waals surface area (Å²) in [4.78, 5) is 16.4. The Balaban J connectivity index is 1.83. The second-order valence-corrected chi connectivity index (χ2v) is 6.59. The van der Waals surface area contributed by atoms with Crippen LogP contribution < -0.4 is 5.32 Å². The summed E-state index contributed by atoms with van der Waals surface area (Å²) < 4.78 is 13.4. The number of benzene rings is 1. The number of carbonyl (C=O) groups is 1. The van der Waals surface area contributed by atoms with E-state index >= 15 is 0 Å². The number of hydrogen-bond acceptors (Lipinski definition) is 3. The third-order valence-electron chi connectivity index (χ3n) is 5.14. The van der Waals surface area contributed by atoms with E-state index in [1.54, 1.807) is 19.2 Å². The number of hydrogen-bond donors (Lipinski definition) is 1. The fourth-order valence-electron chi connectivity index (χ4n) is 4.17. The lowest BCUT2D eigenvalue weighted by atomic mass is 9.66. The number of halogens is 1. The molecular weight excluding hydrogens is 291 g/mol. The Morgan fingerprint density at radius 1 is 1.17 bits per heavy atom. The van der Waals surface area contributed by atoms with Crippen LogP contribution in [-0.2, 0) is 0 Å². The Hall–Kier alpha value is -2.23. The first-order valence-electron chi connectivity index (χ1n) is 8.20. The first-order valence-corrected chi connectivity index (χ1v) is 8.20. The third kappa shape index (κ3) is 2.42. The summed E-state index contributed by atoms with van der Waals surface area (Å²) in [5.74, 6) is 0.688. The zero-order chi connectivity index (χ0) is 16.0. The molecule has 1 heterocycles. The van der Waals surface area contributed by atoms with Crippen molar-refractivity contribution in [2.45, 2.75) is 44.4 Å². The van der Waals surface area contributed by atoms with Crippen LogP contribution in [0.15, 0.2) is 30.5 Å². The number of pyridine rings is 1. The van der Waals surface area contributed by atoms with Gasteiger partial charge >= 0.3 is 0 Å². The largest absolute Gasteiger partial charge is 0.354 e. The summed E-state index contributed by atoms with van der Waals surface area (Å²) in [7, 11) is 0. The van der Waals surface area contributed by atoms with Crippen LogP contribution in [0.2, 0.25) is 0 Å². The number of Topliss-reactive ketones (excluding diaryl/α,β-unsaturated/α-hetero) is 1. The van der Waals surface area contributed by atoms with E-state index in [4.69, 9.17) is 0 Å². The number of fused-ring (bicyclic) bond motifs is 2. The lowest BCUT2D eigenvalue weighted by molar-refractivity contribution is 0.101. The number of ketones is 1. The van der Waals surface area contributed by atoms with Gasteiger partial charge in [-0.2, -0.15) is 0 Å². The normalized spacial score (nSPS) is 21.8. The van der Waals surface area contributed by atoms with Crippen molar-refractivity contribution in [1.82, 2.24) is 4.98 Å². The predicted molar refractivity (Wildman–Crippen MR) is 87.9 cm³/mol. The maximum absolute atomic E-state index is 13.4. The number of aromatic nitrogens is 1. The van der Waals surface area contributed by atoms with Gasteiger partial charge in [0.05, 0.1) is 11.9 Å². The van der Waals surface area contributed by atoms with E-state index in [1.807, 2.05) is 6.07 Å². The smallest absolute Gasteiger partial charge is 0.178 e. The highest BCUT2D eigenvalue weighted by Gasteiger charge is 2.37. The van der Waals surface area contributed by atoms with Crippen LogP contribution in [0.5, 0.6) is 0 Å². The zero-order valence-corrected chi connectivity index (χ0v) is 13.1. The van der Waals surface area contributed by atoms with Crippen molar-refractivity contribution in [1.29, 1.82) is 0 Å². The lowest BCUT2D eigenvalue weighted by Crippen LogP contribution is -2.26. The van der Waals surface area contributed by atoms with Crippen molar-refractivity contribution < 1.29 is 9.18 Å². The highest BCUT2D eigenvalue weighted by atomic mass is 19.1. The summed E-state index contributed by atoms with van der Waals surface area (Å²) in [5, 5.41) is 3.31. The Morgan fingerprint density at radius 2 is 1.87 bits per heavy atom. The van der Waals surface area contributed by atoms with Crippen LogP contribution in [0.25, 0.3) is 0 Å². The van der Waals surface area contributed by atoms with Crippen molar-refractivity contribution >= 4 is 17.2 Å². The van der Waals surface area contributed by atoms with Crippen LogP contribution in [0.1, 0.15) is 66.1 Å². The third-order valence-corrected chi connectivity index (χ3v) is 5.14. The minimum Gasteiger partial charge on any atom is -0.354 e. The molecule has 2 bridgehead atoms. The molecule has 0 saturated heterocycles. The molecule has 5 rings (SSSR count). The molecule has 1 fully saturated rings. The van der Waals surface area contributed by atoms with Gasteiger partial charge in [-0.1, -0.05) is 6.07 Å². The van der Waals surface area contributed by atoms with Crippen LogP contribution in [0.3, 0.4) is 0 Å². The first kappa shape index (κ1) is 14.4. The van der Waals surface area contributed by atoms with Gasteiger partial charge in [-0.25, -0.2) is 4.39 Å². The highest BCUT2D eigenvalue weighted by Crippen LogP contribution is 2.52. The number of nitrogens with zero attached hydrogens (tertiary/aromatic N) is 1. The second kappa shape index (κ2) is 5.44. The van der Waals surface area contributed by atoms with Gasteiger partial charge in [-0.15, -0.1) is 0 Å². The van der Waals surface area contributed by atoms with Gasteiger partial charge in [0.25, 0.3) is 0 Å². The SMILES string of the molecule is CC(=O)c1ncc(Nc2cccc(F)c2)c2c1C1CCC2CC1. The molecule has 0 aliphatic heterocycles. The molecule has 118 valence electrons. The molecule has 1 saturated carbocycles. The molecule has 2 aromatic rings. The monoisotopic (exact) mass is 310 g/mol. The van der Waals surface area contributed by atoms with Gasteiger partial charge < -0.3 is 5.32 Å². The van der Waals surface area contributed by atoms with Crippen molar-refractivity contribution in [2.24, 2.45) is 0 Å². The second-order valence-electron chi connectivity index (χ2n) is 6.59. The fraction of sp³-hybridized carbons (Fsp3) is 0.368. The van der Waals surface area contributed by atoms with Crippen molar-refractivity contribution in [3.63, 3.8) is 0 Å². The van der Waals surface area contributed by atoms with E-state index in [2.05, 4.69) is 10.3 Å². The molecule has 1 aromatic heterocycles. The first-order chi connectivity index (χ1) is 11.1. The molecule has 1 aromatic carbocycles. The molecule has 0 spiro atoms. The molecule has 3 aliphatic rings. The molecule has 1 N–H and O–H groups in total. The number of carbonyl (C=O) groups excluding carboxylic acids is 1. The molecule has 0 radical (unpaired) electrons. The van der Waals surface area contributed by atoms with Crippen molar-refractivity contribution in [3.8, 4) is 0 Å². The summed E-state index contributed by atoms with van der Waals surface area (Å²) in [6.45, 7) is 1.59. The number of anilines is 2. The van der Waals surface area contributed by atoms with E-state index in [0.29, 0.717) is 23.2 Å². The van der Waals surface area contributed by atoms with E-state index in [-0.39, 0.29) is 11.6 Å². The zero-order valence-electron chi connectivity index (χ0n) is 13.1. The minimum absolute atomic E-state index is 0.0334. The van der Waals surface area contributed by atoms with E-state index in [9.17, 15) is 9.18 Å². The molecule has 0 unspecified atom stereocenters. The lowest BCUT2D eigenvalue weighted by Gasteiger charge is -2.40. The Kier molecular flexibility index (Phi) is 3.40.